The highest BCUT2D eigenvalue weighted by atomic mass is 35.5. The van der Waals surface area contributed by atoms with Crippen molar-refractivity contribution in [1.82, 2.24) is 29.9 Å². The zero-order chi connectivity index (χ0) is 18.0. The summed E-state index contributed by atoms with van der Waals surface area (Å²) in [6.45, 7) is 0.941. The second-order valence-electron chi connectivity index (χ2n) is 6.12. The van der Waals surface area contributed by atoms with Crippen LogP contribution in [0.5, 0.6) is 0 Å². The van der Waals surface area contributed by atoms with Gasteiger partial charge in [0.05, 0.1) is 11.6 Å². The van der Waals surface area contributed by atoms with Crippen LogP contribution in [-0.2, 0) is 24.9 Å². The third kappa shape index (κ3) is 3.68. The van der Waals surface area contributed by atoms with E-state index in [4.69, 9.17) is 16.3 Å². The number of ether oxygens (including phenoxy) is 1. The molecule has 1 fully saturated rings. The van der Waals surface area contributed by atoms with Crippen molar-refractivity contribution in [3.05, 3.63) is 28.6 Å². The van der Waals surface area contributed by atoms with Gasteiger partial charge in [-0.1, -0.05) is 11.6 Å². The lowest BCUT2D eigenvalue weighted by molar-refractivity contribution is 0.0900. The molecule has 0 aliphatic heterocycles. The molecule has 1 amide bonds. The van der Waals surface area contributed by atoms with E-state index in [2.05, 4.69) is 20.6 Å². The molecule has 2 heterocycles. The highest BCUT2D eigenvalue weighted by Gasteiger charge is 2.36. The van der Waals surface area contributed by atoms with Crippen molar-refractivity contribution < 1.29 is 14.6 Å². The molecule has 0 radical (unpaired) electrons. The number of aliphatic hydroxyl groups is 1. The monoisotopic (exact) mass is 368 g/mol. The molecule has 136 valence electrons. The number of rotatable bonds is 7. The van der Waals surface area contributed by atoms with Gasteiger partial charge < -0.3 is 19.7 Å². The molecule has 25 heavy (non-hydrogen) atoms. The summed E-state index contributed by atoms with van der Waals surface area (Å²) in [5.41, 5.74) is 0.235. The Balaban J connectivity index is 1.60. The van der Waals surface area contributed by atoms with Crippen LogP contribution in [0, 0.1) is 0 Å². The van der Waals surface area contributed by atoms with Gasteiger partial charge in [0, 0.05) is 38.9 Å². The molecular weight excluding hydrogens is 348 g/mol. The third-order valence-corrected chi connectivity index (χ3v) is 4.63. The number of hydrogen-bond donors (Lipinski definition) is 2. The molecule has 3 rings (SSSR count). The van der Waals surface area contributed by atoms with Crippen LogP contribution in [0.25, 0.3) is 0 Å². The van der Waals surface area contributed by atoms with Crippen LogP contribution in [0.3, 0.4) is 0 Å². The van der Waals surface area contributed by atoms with Crippen LogP contribution in [0.15, 0.2) is 6.20 Å². The predicted molar refractivity (Wildman–Crippen MR) is 89.3 cm³/mol. The molecule has 0 saturated heterocycles. The molecule has 10 heteroatoms. The van der Waals surface area contributed by atoms with Gasteiger partial charge in [0.25, 0.3) is 5.91 Å². The largest absolute Gasteiger partial charge is 0.388 e. The van der Waals surface area contributed by atoms with Gasteiger partial charge in [0.1, 0.15) is 12.4 Å². The van der Waals surface area contributed by atoms with Gasteiger partial charge in [0.15, 0.2) is 11.5 Å². The molecule has 9 nitrogen and oxygen atoms in total. The first-order chi connectivity index (χ1) is 12.0. The summed E-state index contributed by atoms with van der Waals surface area (Å²) < 4.78 is 8.50. The Morgan fingerprint density at radius 2 is 2.24 bits per heavy atom. The average molecular weight is 369 g/mol. The molecule has 2 aromatic rings. The molecule has 2 aromatic heterocycles. The summed E-state index contributed by atoms with van der Waals surface area (Å²) in [7, 11) is 3.34. The number of aromatic nitrogens is 5. The van der Waals surface area contributed by atoms with Gasteiger partial charge in [-0.3, -0.25) is 9.48 Å². The molecule has 0 unspecified atom stereocenters. The maximum Gasteiger partial charge on any atom is 0.273 e. The number of carbonyl (C=O) groups excluding carboxylic acids is 1. The standard InChI is InChI=1S/C15H21ClN6O3/c1-21-7-11(16)13(20-21)15(24)17-10-5-9(6-10)14-19-18-12(8-23)22(14)3-4-25-2/h7,9-10,23H,3-6,8H2,1-2H3,(H,17,24). The van der Waals surface area contributed by atoms with Crippen molar-refractivity contribution in [2.75, 3.05) is 13.7 Å². The van der Waals surface area contributed by atoms with Crippen molar-refractivity contribution in [1.29, 1.82) is 0 Å². The summed E-state index contributed by atoms with van der Waals surface area (Å²) >= 11 is 6.00. The number of amides is 1. The molecule has 1 saturated carbocycles. The van der Waals surface area contributed by atoms with Gasteiger partial charge >= 0.3 is 0 Å². The van der Waals surface area contributed by atoms with Crippen LogP contribution in [0.1, 0.15) is 40.9 Å². The summed E-state index contributed by atoms with van der Waals surface area (Å²) in [6, 6.07) is 0.0423. The topological polar surface area (TPSA) is 107 Å². The number of nitrogens with zero attached hydrogens (tertiary/aromatic N) is 5. The molecule has 1 aliphatic rings. The first-order valence-electron chi connectivity index (χ1n) is 8.05. The Bertz CT molecular complexity index is 753. The van der Waals surface area contributed by atoms with E-state index in [1.165, 1.54) is 4.68 Å². The number of methoxy groups -OCH3 is 1. The van der Waals surface area contributed by atoms with Crippen LogP contribution in [0.2, 0.25) is 5.02 Å². The van der Waals surface area contributed by atoms with E-state index in [0.717, 1.165) is 18.7 Å². The summed E-state index contributed by atoms with van der Waals surface area (Å²) in [4.78, 5) is 12.2. The molecule has 1 aliphatic carbocycles. The highest BCUT2D eigenvalue weighted by molar-refractivity contribution is 6.33. The minimum atomic E-state index is -0.272. The van der Waals surface area contributed by atoms with Crippen LogP contribution in [-0.4, -0.2) is 55.3 Å². The molecular formula is C15H21ClN6O3. The maximum atomic E-state index is 12.2. The fourth-order valence-electron chi connectivity index (χ4n) is 3.01. The number of aliphatic hydroxyl groups excluding tert-OH is 1. The van der Waals surface area contributed by atoms with Crippen molar-refractivity contribution in [3.63, 3.8) is 0 Å². The Kier molecular flexibility index (Phi) is 5.36. The van der Waals surface area contributed by atoms with E-state index in [9.17, 15) is 9.90 Å². The van der Waals surface area contributed by atoms with Crippen molar-refractivity contribution >= 4 is 17.5 Å². The first-order valence-corrected chi connectivity index (χ1v) is 8.43. The van der Waals surface area contributed by atoms with Gasteiger partial charge in [-0.15, -0.1) is 10.2 Å². The summed E-state index contributed by atoms with van der Waals surface area (Å²) in [5.74, 6) is 1.27. The fourth-order valence-corrected chi connectivity index (χ4v) is 3.27. The second-order valence-corrected chi connectivity index (χ2v) is 6.52. The van der Waals surface area contributed by atoms with E-state index < -0.39 is 0 Å². The first kappa shape index (κ1) is 17.8. The van der Waals surface area contributed by atoms with E-state index in [0.29, 0.717) is 24.0 Å². The zero-order valence-corrected chi connectivity index (χ0v) is 14.9. The van der Waals surface area contributed by atoms with E-state index in [1.54, 1.807) is 20.4 Å². The predicted octanol–water partition coefficient (Wildman–Crippen LogP) is 0.480. The number of nitrogens with one attached hydrogen (secondary N) is 1. The molecule has 0 aromatic carbocycles. The lowest BCUT2D eigenvalue weighted by atomic mass is 9.79. The Hall–Kier alpha value is -1.97. The lowest BCUT2D eigenvalue weighted by Crippen LogP contribution is -2.44. The number of aryl methyl sites for hydroxylation is 1. The Morgan fingerprint density at radius 1 is 1.48 bits per heavy atom. The molecule has 2 N–H and O–H groups in total. The normalized spacial score (nSPS) is 19.7. The van der Waals surface area contributed by atoms with E-state index in [-0.39, 0.29) is 30.2 Å². The van der Waals surface area contributed by atoms with Crippen molar-refractivity contribution in [2.24, 2.45) is 7.05 Å². The fraction of sp³-hybridized carbons (Fsp3) is 0.600. The maximum absolute atomic E-state index is 12.2. The van der Waals surface area contributed by atoms with Gasteiger partial charge in [-0.25, -0.2) is 0 Å². The van der Waals surface area contributed by atoms with Crippen molar-refractivity contribution in [2.45, 2.75) is 38.0 Å². The SMILES string of the molecule is COCCn1c(CO)nnc1C1CC(NC(=O)c2nn(C)cc2Cl)C1. The Morgan fingerprint density at radius 3 is 2.84 bits per heavy atom. The van der Waals surface area contributed by atoms with Gasteiger partial charge in [-0.05, 0) is 12.8 Å². The molecule has 0 atom stereocenters. The van der Waals surface area contributed by atoms with E-state index >= 15 is 0 Å². The summed E-state index contributed by atoms with van der Waals surface area (Å²) in [6.07, 6.45) is 3.11. The Labute approximate surface area is 149 Å². The minimum Gasteiger partial charge on any atom is -0.388 e. The third-order valence-electron chi connectivity index (χ3n) is 4.35. The number of halogens is 1. The minimum absolute atomic E-state index is 0.0423. The quantitative estimate of drug-likeness (QED) is 0.736. The summed E-state index contributed by atoms with van der Waals surface area (Å²) in [5, 5.41) is 25.0. The second kappa shape index (κ2) is 7.51. The zero-order valence-electron chi connectivity index (χ0n) is 14.1. The smallest absolute Gasteiger partial charge is 0.273 e. The van der Waals surface area contributed by atoms with Gasteiger partial charge in [-0.2, -0.15) is 5.10 Å². The highest BCUT2D eigenvalue weighted by Crippen LogP contribution is 2.36. The van der Waals surface area contributed by atoms with Crippen LogP contribution >= 0.6 is 11.6 Å². The lowest BCUT2D eigenvalue weighted by Gasteiger charge is -2.35. The number of carbonyl (C=O) groups is 1. The van der Waals surface area contributed by atoms with E-state index in [1.807, 2.05) is 4.57 Å². The molecule has 0 bridgehead atoms. The molecule has 0 spiro atoms. The van der Waals surface area contributed by atoms with Crippen molar-refractivity contribution in [3.8, 4) is 0 Å². The van der Waals surface area contributed by atoms with Crippen LogP contribution < -0.4 is 5.32 Å². The van der Waals surface area contributed by atoms with Gasteiger partial charge in [0.2, 0.25) is 0 Å². The van der Waals surface area contributed by atoms with Crippen LogP contribution in [0.4, 0.5) is 0 Å². The number of hydrogen-bond acceptors (Lipinski definition) is 6. The average Bonchev–Trinajstić information content (AvgIpc) is 3.10.